The van der Waals surface area contributed by atoms with Crippen molar-refractivity contribution in [1.82, 2.24) is 9.97 Å². The molecule has 0 atom stereocenters. The number of carboxylic acid groups (broad SMARTS) is 2. The van der Waals surface area contributed by atoms with Crippen LogP contribution in [0, 0.1) is 6.92 Å². The van der Waals surface area contributed by atoms with Gasteiger partial charge in [-0.15, -0.1) is 0 Å². The van der Waals surface area contributed by atoms with E-state index in [0.29, 0.717) is 0 Å². The van der Waals surface area contributed by atoms with E-state index in [2.05, 4.69) is 9.97 Å². The molecule has 2 aromatic rings. The first-order chi connectivity index (χ1) is 9.41. The number of aromatic nitrogens is 2. The van der Waals surface area contributed by atoms with Gasteiger partial charge in [-0.05, 0) is 30.7 Å². The molecule has 2 aromatic heterocycles. The van der Waals surface area contributed by atoms with Crippen molar-refractivity contribution in [3.8, 4) is 0 Å². The van der Waals surface area contributed by atoms with Gasteiger partial charge in [-0.2, -0.15) is 0 Å². The third-order valence-corrected chi connectivity index (χ3v) is 2.42. The number of pyridine rings is 2. The number of aromatic carboxylic acids is 2. The smallest absolute Gasteiger partial charge is 0.354 e. The summed E-state index contributed by atoms with van der Waals surface area (Å²) in [6, 6.07) is 6.13. The van der Waals surface area contributed by atoms with Crippen molar-refractivity contribution in [1.29, 1.82) is 0 Å². The van der Waals surface area contributed by atoms with E-state index in [9.17, 15) is 9.59 Å². The molecule has 0 aliphatic heterocycles. The van der Waals surface area contributed by atoms with E-state index in [1.807, 2.05) is 6.92 Å². The second-order valence-corrected chi connectivity index (χ2v) is 4.03. The van der Waals surface area contributed by atoms with Gasteiger partial charge >= 0.3 is 11.9 Å². The third kappa shape index (κ3) is 4.66. The lowest BCUT2D eigenvalue weighted by molar-refractivity contribution is 0.0682. The van der Waals surface area contributed by atoms with E-state index in [-0.39, 0.29) is 16.4 Å². The molecule has 2 heterocycles. The summed E-state index contributed by atoms with van der Waals surface area (Å²) in [6.07, 6.45) is 2.97. The van der Waals surface area contributed by atoms with Gasteiger partial charge in [-0.25, -0.2) is 19.6 Å². The molecule has 0 unspecified atom stereocenters. The van der Waals surface area contributed by atoms with Crippen molar-refractivity contribution in [3.63, 3.8) is 0 Å². The van der Waals surface area contributed by atoms with Crippen LogP contribution < -0.4 is 0 Å². The number of aryl methyl sites for hydroxylation is 1. The van der Waals surface area contributed by atoms with Crippen molar-refractivity contribution >= 4 is 23.5 Å². The number of halogens is 1. The highest BCUT2D eigenvalue weighted by molar-refractivity contribution is 6.32. The quantitative estimate of drug-likeness (QED) is 0.825. The average Bonchev–Trinajstić information content (AvgIpc) is 2.40. The number of rotatable bonds is 2. The topological polar surface area (TPSA) is 100 Å². The lowest BCUT2D eigenvalue weighted by Crippen LogP contribution is -1.98. The van der Waals surface area contributed by atoms with Gasteiger partial charge < -0.3 is 10.2 Å². The van der Waals surface area contributed by atoms with Gasteiger partial charge in [0.2, 0.25) is 0 Å². The minimum absolute atomic E-state index is 0.0231. The molecule has 0 saturated carbocycles. The molecule has 20 heavy (non-hydrogen) atoms. The summed E-state index contributed by atoms with van der Waals surface area (Å²) in [5.41, 5.74) is 1.08. The van der Waals surface area contributed by atoms with E-state index in [1.54, 1.807) is 6.07 Å². The van der Waals surface area contributed by atoms with Crippen LogP contribution in [0.2, 0.25) is 5.15 Å². The van der Waals surface area contributed by atoms with Gasteiger partial charge in [-0.3, -0.25) is 0 Å². The van der Waals surface area contributed by atoms with Gasteiger partial charge in [0, 0.05) is 12.4 Å². The minimum atomic E-state index is -1.06. The Morgan fingerprint density at radius 3 is 2.20 bits per heavy atom. The second-order valence-electron chi connectivity index (χ2n) is 3.67. The molecule has 6 nitrogen and oxygen atoms in total. The summed E-state index contributed by atoms with van der Waals surface area (Å²) in [4.78, 5) is 27.8. The maximum Gasteiger partial charge on any atom is 0.354 e. The molecular formula is C13H11ClN2O4. The van der Waals surface area contributed by atoms with Crippen LogP contribution in [-0.4, -0.2) is 32.1 Å². The van der Waals surface area contributed by atoms with Crippen LogP contribution in [-0.2, 0) is 0 Å². The van der Waals surface area contributed by atoms with Crippen molar-refractivity contribution in [3.05, 3.63) is 58.6 Å². The fourth-order valence-electron chi connectivity index (χ4n) is 1.14. The Morgan fingerprint density at radius 2 is 1.80 bits per heavy atom. The van der Waals surface area contributed by atoms with Crippen LogP contribution in [0.1, 0.15) is 26.4 Å². The molecule has 104 valence electrons. The Kier molecular flexibility index (Phi) is 5.61. The first kappa shape index (κ1) is 15.6. The standard InChI is InChI=1S/C7H7NO2.C6H4ClNO2/c1-5-2-3-6(7(9)10)8-4-5;7-5-4(6(9)10)2-1-3-8-5/h2-4H,1H3,(H,9,10);1-3H,(H,9,10). The Morgan fingerprint density at radius 1 is 1.10 bits per heavy atom. The van der Waals surface area contributed by atoms with Crippen LogP contribution in [0.3, 0.4) is 0 Å². The van der Waals surface area contributed by atoms with Crippen LogP contribution in [0.15, 0.2) is 36.7 Å². The average molecular weight is 295 g/mol. The Labute approximate surface area is 119 Å². The lowest BCUT2D eigenvalue weighted by atomic mass is 10.3. The van der Waals surface area contributed by atoms with Gasteiger partial charge in [0.1, 0.15) is 10.8 Å². The summed E-state index contributed by atoms with van der Waals surface area (Å²) < 4.78 is 0. The molecule has 0 fully saturated rings. The first-order valence-corrected chi connectivity index (χ1v) is 5.79. The highest BCUT2D eigenvalue weighted by Crippen LogP contribution is 2.10. The van der Waals surface area contributed by atoms with Crippen molar-refractivity contribution in [2.75, 3.05) is 0 Å². The first-order valence-electron chi connectivity index (χ1n) is 5.41. The summed E-state index contributed by atoms with van der Waals surface area (Å²) in [5, 5.41) is 16.9. The highest BCUT2D eigenvalue weighted by atomic mass is 35.5. The molecular weight excluding hydrogens is 284 g/mol. The molecule has 0 spiro atoms. The van der Waals surface area contributed by atoms with Crippen LogP contribution in [0.5, 0.6) is 0 Å². The number of carbonyl (C=O) groups is 2. The summed E-state index contributed by atoms with van der Waals surface area (Å²) >= 11 is 5.43. The van der Waals surface area contributed by atoms with Crippen molar-refractivity contribution in [2.24, 2.45) is 0 Å². The Balaban J connectivity index is 0.000000200. The maximum absolute atomic E-state index is 10.3. The molecule has 0 aliphatic rings. The van der Waals surface area contributed by atoms with Crippen LogP contribution in [0.4, 0.5) is 0 Å². The zero-order valence-corrected chi connectivity index (χ0v) is 11.2. The predicted molar refractivity (Wildman–Crippen MR) is 72.1 cm³/mol. The molecule has 0 aliphatic carbocycles. The summed E-state index contributed by atoms with van der Waals surface area (Å²) in [5.74, 6) is -2.04. The molecule has 0 saturated heterocycles. The van der Waals surface area contributed by atoms with Crippen molar-refractivity contribution in [2.45, 2.75) is 6.92 Å². The molecule has 0 amide bonds. The molecule has 2 N–H and O–H groups in total. The molecule has 0 bridgehead atoms. The molecule has 0 radical (unpaired) electrons. The fraction of sp³-hybridized carbons (Fsp3) is 0.0769. The van der Waals surface area contributed by atoms with Crippen LogP contribution >= 0.6 is 11.6 Å². The zero-order valence-electron chi connectivity index (χ0n) is 10.4. The lowest BCUT2D eigenvalue weighted by Gasteiger charge is -1.93. The zero-order chi connectivity index (χ0) is 15.1. The van der Waals surface area contributed by atoms with Gasteiger partial charge in [0.15, 0.2) is 0 Å². The monoisotopic (exact) mass is 294 g/mol. The van der Waals surface area contributed by atoms with Gasteiger partial charge in [-0.1, -0.05) is 17.7 Å². The van der Waals surface area contributed by atoms with Crippen molar-refractivity contribution < 1.29 is 19.8 Å². The Bertz CT molecular complexity index is 614. The highest BCUT2D eigenvalue weighted by Gasteiger charge is 2.06. The van der Waals surface area contributed by atoms with Crippen LogP contribution in [0.25, 0.3) is 0 Å². The molecule has 2 rings (SSSR count). The minimum Gasteiger partial charge on any atom is -0.478 e. The molecule has 7 heteroatoms. The SMILES string of the molecule is Cc1ccc(C(=O)O)nc1.O=C(O)c1cccnc1Cl. The molecule has 0 aromatic carbocycles. The number of carboxylic acids is 2. The summed E-state index contributed by atoms with van der Waals surface area (Å²) in [6.45, 7) is 1.86. The predicted octanol–water partition coefficient (Wildman–Crippen LogP) is 2.52. The fourth-order valence-corrected chi connectivity index (χ4v) is 1.34. The maximum atomic E-state index is 10.3. The van der Waals surface area contributed by atoms with E-state index in [0.717, 1.165) is 5.56 Å². The Hall–Kier alpha value is -2.47. The van der Waals surface area contributed by atoms with E-state index < -0.39 is 11.9 Å². The van der Waals surface area contributed by atoms with E-state index in [4.69, 9.17) is 21.8 Å². The number of nitrogens with zero attached hydrogens (tertiary/aromatic N) is 2. The third-order valence-electron chi connectivity index (χ3n) is 2.12. The normalized spacial score (nSPS) is 9.30. The van der Waals surface area contributed by atoms with E-state index >= 15 is 0 Å². The van der Waals surface area contributed by atoms with E-state index in [1.165, 1.54) is 30.6 Å². The van der Waals surface area contributed by atoms with Gasteiger partial charge in [0.05, 0.1) is 5.56 Å². The number of hydrogen-bond acceptors (Lipinski definition) is 4. The second kappa shape index (κ2) is 7.20. The number of hydrogen-bond donors (Lipinski definition) is 2. The summed E-state index contributed by atoms with van der Waals surface area (Å²) in [7, 11) is 0. The largest absolute Gasteiger partial charge is 0.478 e. The van der Waals surface area contributed by atoms with Gasteiger partial charge in [0.25, 0.3) is 0 Å².